The van der Waals surface area contributed by atoms with Gasteiger partial charge >= 0.3 is 0 Å². The molecule has 6 nitrogen and oxygen atoms in total. The van der Waals surface area contributed by atoms with Gasteiger partial charge in [0.15, 0.2) is 5.54 Å². The van der Waals surface area contributed by atoms with Crippen molar-refractivity contribution in [2.24, 2.45) is 0 Å². The summed E-state index contributed by atoms with van der Waals surface area (Å²) in [7, 11) is 0. The molecule has 0 aliphatic carbocycles. The van der Waals surface area contributed by atoms with Gasteiger partial charge in [-0.2, -0.15) is 0 Å². The van der Waals surface area contributed by atoms with Crippen LogP contribution in [0.3, 0.4) is 0 Å². The van der Waals surface area contributed by atoms with Crippen molar-refractivity contribution in [1.29, 1.82) is 0 Å². The minimum Gasteiger partial charge on any atom is -0.351 e. The van der Waals surface area contributed by atoms with Crippen LogP contribution in [-0.2, 0) is 16.1 Å². The van der Waals surface area contributed by atoms with Crippen LogP contribution in [0.15, 0.2) is 42.6 Å². The number of halogens is 2. The Hall–Kier alpha value is -2.67. The molecule has 2 aliphatic rings. The van der Waals surface area contributed by atoms with Crippen molar-refractivity contribution < 1.29 is 14.0 Å². The van der Waals surface area contributed by atoms with E-state index in [0.717, 1.165) is 11.8 Å². The average molecular weight is 417 g/mol. The number of carbonyl (C=O) groups excluding carboxylic acids is 2. The average Bonchev–Trinajstić information content (AvgIpc) is 2.65. The molecule has 2 saturated heterocycles. The monoisotopic (exact) mass is 416 g/mol. The van der Waals surface area contributed by atoms with E-state index in [4.69, 9.17) is 11.6 Å². The molecular formula is C21H22ClFN4O2. The highest BCUT2D eigenvalue weighted by atomic mass is 35.5. The maximum Gasteiger partial charge on any atom is 0.252 e. The molecule has 2 aliphatic heterocycles. The summed E-state index contributed by atoms with van der Waals surface area (Å²) in [6.07, 6.45) is 1.15. The van der Waals surface area contributed by atoms with Crippen molar-refractivity contribution in [3.8, 4) is 0 Å². The van der Waals surface area contributed by atoms with E-state index in [-0.39, 0.29) is 24.4 Å². The lowest BCUT2D eigenvalue weighted by atomic mass is 9.82. The number of aromatic nitrogens is 1. The first-order valence-corrected chi connectivity index (χ1v) is 9.90. The summed E-state index contributed by atoms with van der Waals surface area (Å²) in [6.45, 7) is 4.87. The summed E-state index contributed by atoms with van der Waals surface area (Å²) in [5.74, 6) is 0.0352. The zero-order valence-electron chi connectivity index (χ0n) is 16.3. The lowest BCUT2D eigenvalue weighted by Crippen LogP contribution is -2.81. The second-order valence-electron chi connectivity index (χ2n) is 7.86. The first kappa shape index (κ1) is 19.6. The predicted octanol–water partition coefficient (Wildman–Crippen LogP) is 2.71. The molecular weight excluding hydrogens is 395 g/mol. The lowest BCUT2D eigenvalue weighted by molar-refractivity contribution is -0.170. The van der Waals surface area contributed by atoms with E-state index in [0.29, 0.717) is 30.5 Å². The van der Waals surface area contributed by atoms with Gasteiger partial charge < -0.3 is 14.7 Å². The second-order valence-corrected chi connectivity index (χ2v) is 8.29. The van der Waals surface area contributed by atoms with E-state index < -0.39 is 11.4 Å². The molecule has 0 unspecified atom stereocenters. The number of amides is 2. The molecule has 0 saturated carbocycles. The number of nitrogens with zero attached hydrogens (tertiary/aromatic N) is 4. The number of rotatable bonds is 4. The Morgan fingerprint density at radius 1 is 1.14 bits per heavy atom. The summed E-state index contributed by atoms with van der Waals surface area (Å²) >= 11 is 5.97. The fourth-order valence-corrected chi connectivity index (χ4v) is 4.09. The highest BCUT2D eigenvalue weighted by molar-refractivity contribution is 6.30. The van der Waals surface area contributed by atoms with Crippen molar-refractivity contribution >= 4 is 29.2 Å². The summed E-state index contributed by atoms with van der Waals surface area (Å²) in [4.78, 5) is 35.8. The Balaban J connectivity index is 1.63. The summed E-state index contributed by atoms with van der Waals surface area (Å²) < 4.78 is 13.2. The Morgan fingerprint density at radius 3 is 2.41 bits per heavy atom. The van der Waals surface area contributed by atoms with Crippen molar-refractivity contribution in [3.05, 3.63) is 59.0 Å². The van der Waals surface area contributed by atoms with E-state index in [1.54, 1.807) is 28.0 Å². The largest absolute Gasteiger partial charge is 0.351 e. The van der Waals surface area contributed by atoms with E-state index >= 15 is 0 Å². The number of hydrogen-bond acceptors (Lipinski definition) is 4. The molecule has 1 spiro atoms. The smallest absolute Gasteiger partial charge is 0.252 e. The normalized spacial score (nSPS) is 18.6. The van der Waals surface area contributed by atoms with Gasteiger partial charge in [0.25, 0.3) is 5.91 Å². The molecule has 3 heterocycles. The number of anilines is 1. The number of pyridine rings is 1. The van der Waals surface area contributed by atoms with Crippen LogP contribution in [-0.4, -0.2) is 57.8 Å². The highest BCUT2D eigenvalue weighted by Crippen LogP contribution is 2.37. The van der Waals surface area contributed by atoms with E-state index in [1.807, 2.05) is 30.9 Å². The number of benzene rings is 1. The van der Waals surface area contributed by atoms with Gasteiger partial charge in [0, 0.05) is 17.6 Å². The number of carbonyl (C=O) groups is 2. The molecule has 1 aromatic heterocycles. The third-order valence-corrected chi connectivity index (χ3v) is 5.85. The van der Waals surface area contributed by atoms with Gasteiger partial charge in [0.2, 0.25) is 5.91 Å². The third kappa shape index (κ3) is 3.44. The van der Waals surface area contributed by atoms with Gasteiger partial charge in [-0.05, 0) is 43.7 Å². The van der Waals surface area contributed by atoms with Gasteiger partial charge in [-0.3, -0.25) is 9.59 Å². The third-order valence-electron chi connectivity index (χ3n) is 5.60. The van der Waals surface area contributed by atoms with Crippen molar-refractivity contribution in [3.63, 3.8) is 0 Å². The van der Waals surface area contributed by atoms with Crippen LogP contribution >= 0.6 is 11.6 Å². The Labute approximate surface area is 173 Å². The van der Waals surface area contributed by atoms with Crippen LogP contribution < -0.4 is 4.90 Å². The molecule has 2 aromatic rings. The van der Waals surface area contributed by atoms with Crippen LogP contribution in [0.5, 0.6) is 0 Å². The van der Waals surface area contributed by atoms with Crippen LogP contribution in [0.2, 0.25) is 5.02 Å². The Morgan fingerprint density at radius 2 is 1.83 bits per heavy atom. The zero-order chi connectivity index (χ0) is 20.8. The first-order chi connectivity index (χ1) is 13.8. The number of hydrogen-bond donors (Lipinski definition) is 0. The molecule has 2 amide bonds. The SMILES string of the molecule is CC(C)N1CC(=O)N(Cc2ccc(Cl)cc2)C2(CN(c3ccc(F)cn3)C2)C1=O. The van der Waals surface area contributed by atoms with Crippen LogP contribution in [0.25, 0.3) is 0 Å². The summed E-state index contributed by atoms with van der Waals surface area (Å²) in [6, 6.07) is 10.1. The fourth-order valence-electron chi connectivity index (χ4n) is 3.96. The molecule has 29 heavy (non-hydrogen) atoms. The standard InChI is InChI=1S/C21H22ClFN4O2/c1-14(2)26-11-19(28)27(10-15-3-5-16(22)6-4-15)21(20(26)29)12-25(13-21)18-8-7-17(23)9-24-18/h3-9,14H,10-13H2,1-2H3. The summed E-state index contributed by atoms with van der Waals surface area (Å²) in [5, 5.41) is 0.618. The summed E-state index contributed by atoms with van der Waals surface area (Å²) in [5.41, 5.74) is -0.0405. The van der Waals surface area contributed by atoms with Gasteiger partial charge in [-0.1, -0.05) is 23.7 Å². The van der Waals surface area contributed by atoms with Gasteiger partial charge in [0.1, 0.15) is 18.2 Å². The minimum absolute atomic E-state index is 0.0561. The van der Waals surface area contributed by atoms with Crippen LogP contribution in [0, 0.1) is 5.82 Å². The zero-order valence-corrected chi connectivity index (χ0v) is 17.1. The van der Waals surface area contributed by atoms with Crippen LogP contribution in [0.4, 0.5) is 10.2 Å². The molecule has 4 rings (SSSR count). The molecule has 2 fully saturated rings. The van der Waals surface area contributed by atoms with E-state index in [2.05, 4.69) is 4.98 Å². The molecule has 8 heteroatoms. The van der Waals surface area contributed by atoms with Gasteiger partial charge in [-0.25, -0.2) is 9.37 Å². The van der Waals surface area contributed by atoms with E-state index in [9.17, 15) is 14.0 Å². The first-order valence-electron chi connectivity index (χ1n) is 9.53. The second kappa shape index (κ2) is 7.30. The predicted molar refractivity (Wildman–Crippen MR) is 108 cm³/mol. The van der Waals surface area contributed by atoms with E-state index in [1.165, 1.54) is 6.07 Å². The number of piperazine rings is 1. The quantitative estimate of drug-likeness (QED) is 0.769. The highest BCUT2D eigenvalue weighted by Gasteiger charge is 2.60. The maximum absolute atomic E-state index is 13.4. The molecule has 1 aromatic carbocycles. The van der Waals surface area contributed by atoms with Gasteiger partial charge in [0.05, 0.1) is 19.3 Å². The van der Waals surface area contributed by atoms with Crippen molar-refractivity contribution in [1.82, 2.24) is 14.8 Å². The topological polar surface area (TPSA) is 56.8 Å². The molecule has 0 N–H and O–H groups in total. The molecule has 152 valence electrons. The lowest BCUT2D eigenvalue weighted by Gasteiger charge is -2.59. The Kier molecular flexibility index (Phi) is 4.94. The molecule has 0 atom stereocenters. The van der Waals surface area contributed by atoms with Crippen molar-refractivity contribution in [2.75, 3.05) is 24.5 Å². The minimum atomic E-state index is -0.949. The molecule has 0 bridgehead atoms. The fraction of sp³-hybridized carbons (Fsp3) is 0.381. The maximum atomic E-state index is 13.4. The van der Waals surface area contributed by atoms with Crippen LogP contribution in [0.1, 0.15) is 19.4 Å². The Bertz CT molecular complexity index is 927. The molecule has 0 radical (unpaired) electrons. The van der Waals surface area contributed by atoms with Gasteiger partial charge in [-0.15, -0.1) is 0 Å². The van der Waals surface area contributed by atoms with Crippen molar-refractivity contribution in [2.45, 2.75) is 32.0 Å².